The number of nitrogens with zero attached hydrogens (tertiary/aromatic N) is 7. The van der Waals surface area contributed by atoms with E-state index in [-0.39, 0.29) is 6.04 Å². The number of benzene rings is 2. The highest BCUT2D eigenvalue weighted by Gasteiger charge is 2.35. The van der Waals surface area contributed by atoms with Crippen LogP contribution in [0.5, 0.6) is 0 Å². The highest BCUT2D eigenvalue weighted by Crippen LogP contribution is 2.32. The third-order valence-electron chi connectivity index (χ3n) is 8.01. The lowest BCUT2D eigenvalue weighted by atomic mass is 9.92. The Morgan fingerprint density at radius 2 is 1.72 bits per heavy atom. The minimum atomic E-state index is -0.933. The summed E-state index contributed by atoms with van der Waals surface area (Å²) in [6, 6.07) is 17.8. The van der Waals surface area contributed by atoms with Gasteiger partial charge in [-0.25, -0.2) is 14.2 Å². The number of hydrogen-bond donors (Lipinski definition) is 1. The Morgan fingerprint density at radius 3 is 2.44 bits per heavy atom. The van der Waals surface area contributed by atoms with E-state index in [1.54, 1.807) is 9.58 Å². The molecule has 1 amide bonds. The monoisotopic (exact) mass is 527 g/mol. The summed E-state index contributed by atoms with van der Waals surface area (Å²) in [6.07, 6.45) is 8.16. The summed E-state index contributed by atoms with van der Waals surface area (Å²) in [5.74, 6) is 0. The number of aryl methyl sites for hydroxylation is 1. The average Bonchev–Trinajstić information content (AvgIpc) is 3.61. The fraction of sp³-hybridized carbons (Fsp3) is 0.433. The van der Waals surface area contributed by atoms with Crippen molar-refractivity contribution < 1.29 is 9.90 Å². The second kappa shape index (κ2) is 11.4. The molecule has 2 heterocycles. The molecule has 9 nitrogen and oxygen atoms in total. The van der Waals surface area contributed by atoms with Crippen molar-refractivity contribution in [2.45, 2.75) is 83.5 Å². The molecule has 1 N–H and O–H groups in total. The molecule has 39 heavy (non-hydrogen) atoms. The van der Waals surface area contributed by atoms with E-state index in [1.165, 1.54) is 5.56 Å². The molecule has 0 bridgehead atoms. The first-order valence-electron chi connectivity index (χ1n) is 13.8. The molecule has 1 aliphatic rings. The number of hydrogen-bond acceptors (Lipinski definition) is 5. The third kappa shape index (κ3) is 5.87. The Hall–Kier alpha value is -4.01. The second-order valence-electron chi connectivity index (χ2n) is 11.0. The van der Waals surface area contributed by atoms with E-state index in [0.29, 0.717) is 18.7 Å². The highest BCUT2D eigenvalue weighted by molar-refractivity contribution is 5.66. The van der Waals surface area contributed by atoms with Crippen molar-refractivity contribution in [3.63, 3.8) is 0 Å². The van der Waals surface area contributed by atoms with Crippen molar-refractivity contribution in [3.8, 4) is 0 Å². The summed E-state index contributed by atoms with van der Waals surface area (Å²) in [6.45, 7) is 6.85. The fourth-order valence-corrected chi connectivity index (χ4v) is 5.60. The number of carboxylic acid groups (broad SMARTS) is 1. The van der Waals surface area contributed by atoms with Crippen LogP contribution in [0.25, 0.3) is 0 Å². The van der Waals surface area contributed by atoms with Crippen molar-refractivity contribution in [1.82, 2.24) is 34.9 Å². The Kier molecular flexibility index (Phi) is 7.77. The molecule has 1 saturated carbocycles. The molecule has 204 valence electrons. The molecule has 0 saturated heterocycles. The minimum absolute atomic E-state index is 0.0569. The van der Waals surface area contributed by atoms with Crippen LogP contribution in [0.4, 0.5) is 4.79 Å². The quantitative estimate of drug-likeness (QED) is 0.304. The largest absolute Gasteiger partial charge is 0.465 e. The summed E-state index contributed by atoms with van der Waals surface area (Å²) >= 11 is 0. The van der Waals surface area contributed by atoms with E-state index in [4.69, 9.17) is 0 Å². The SMILES string of the molecule is Cc1ccccc1Cn1cc(C(Cc2cn(C(C)(C)c3ccccc3)nn2)N(C(=O)O)C2CCCCC2)nn1. The molecular weight excluding hydrogens is 490 g/mol. The summed E-state index contributed by atoms with van der Waals surface area (Å²) in [5, 5.41) is 28.3. The molecule has 1 unspecified atom stereocenters. The van der Waals surface area contributed by atoms with E-state index in [1.807, 2.05) is 47.4 Å². The zero-order valence-corrected chi connectivity index (χ0v) is 22.9. The van der Waals surface area contributed by atoms with Crippen molar-refractivity contribution in [1.29, 1.82) is 0 Å². The predicted octanol–water partition coefficient (Wildman–Crippen LogP) is 5.61. The van der Waals surface area contributed by atoms with Crippen LogP contribution >= 0.6 is 0 Å². The van der Waals surface area contributed by atoms with E-state index in [9.17, 15) is 9.90 Å². The molecule has 1 aliphatic carbocycles. The van der Waals surface area contributed by atoms with Gasteiger partial charge in [0.2, 0.25) is 0 Å². The van der Waals surface area contributed by atoms with Crippen LogP contribution in [-0.2, 0) is 18.5 Å². The lowest BCUT2D eigenvalue weighted by molar-refractivity contribution is 0.0814. The van der Waals surface area contributed by atoms with Crippen LogP contribution < -0.4 is 0 Å². The Labute approximate surface area is 229 Å². The highest BCUT2D eigenvalue weighted by atomic mass is 16.4. The smallest absolute Gasteiger partial charge is 0.408 e. The van der Waals surface area contributed by atoms with Gasteiger partial charge < -0.3 is 5.11 Å². The minimum Gasteiger partial charge on any atom is -0.465 e. The lowest BCUT2D eigenvalue weighted by Gasteiger charge is -2.37. The number of amides is 1. The zero-order valence-electron chi connectivity index (χ0n) is 22.9. The van der Waals surface area contributed by atoms with Crippen LogP contribution in [0, 0.1) is 6.92 Å². The maximum Gasteiger partial charge on any atom is 0.408 e. The number of aromatic nitrogens is 6. The molecule has 5 rings (SSSR count). The van der Waals surface area contributed by atoms with Crippen LogP contribution in [0.1, 0.15) is 80.1 Å². The molecule has 1 fully saturated rings. The number of carbonyl (C=O) groups is 1. The normalized spacial score (nSPS) is 15.3. The van der Waals surface area contributed by atoms with Gasteiger partial charge in [-0.15, -0.1) is 10.2 Å². The topological polar surface area (TPSA) is 102 Å². The van der Waals surface area contributed by atoms with Crippen LogP contribution in [0.3, 0.4) is 0 Å². The van der Waals surface area contributed by atoms with Gasteiger partial charge in [-0.1, -0.05) is 84.3 Å². The Balaban J connectivity index is 1.46. The second-order valence-corrected chi connectivity index (χ2v) is 11.0. The van der Waals surface area contributed by atoms with Crippen molar-refractivity contribution in [3.05, 3.63) is 95.1 Å². The van der Waals surface area contributed by atoms with Gasteiger partial charge in [-0.3, -0.25) is 4.90 Å². The van der Waals surface area contributed by atoms with Gasteiger partial charge in [-0.05, 0) is 50.3 Å². The molecule has 2 aromatic heterocycles. The maximum atomic E-state index is 12.7. The molecule has 4 aromatic rings. The van der Waals surface area contributed by atoms with Crippen molar-refractivity contribution >= 4 is 6.09 Å². The van der Waals surface area contributed by atoms with Crippen molar-refractivity contribution in [2.75, 3.05) is 0 Å². The van der Waals surface area contributed by atoms with Gasteiger partial charge in [0.1, 0.15) is 5.69 Å². The van der Waals surface area contributed by atoms with Crippen LogP contribution in [0.15, 0.2) is 67.0 Å². The van der Waals surface area contributed by atoms with Crippen LogP contribution in [0.2, 0.25) is 0 Å². The van der Waals surface area contributed by atoms with E-state index >= 15 is 0 Å². The van der Waals surface area contributed by atoms with Gasteiger partial charge >= 0.3 is 6.09 Å². The molecule has 2 aromatic carbocycles. The molecule has 0 spiro atoms. The molecule has 1 atom stereocenters. The van der Waals surface area contributed by atoms with Crippen molar-refractivity contribution in [2.24, 2.45) is 0 Å². The molecular formula is C30H37N7O2. The van der Waals surface area contributed by atoms with Gasteiger partial charge in [0.25, 0.3) is 0 Å². The van der Waals surface area contributed by atoms with Crippen LogP contribution in [-0.4, -0.2) is 52.1 Å². The number of rotatable bonds is 9. The van der Waals surface area contributed by atoms with E-state index < -0.39 is 17.7 Å². The lowest BCUT2D eigenvalue weighted by Crippen LogP contribution is -2.44. The maximum absolute atomic E-state index is 12.7. The summed E-state index contributed by atoms with van der Waals surface area (Å²) in [4.78, 5) is 14.3. The first kappa shape index (κ1) is 26.6. The Morgan fingerprint density at radius 1 is 1.00 bits per heavy atom. The predicted molar refractivity (Wildman–Crippen MR) is 148 cm³/mol. The third-order valence-corrected chi connectivity index (χ3v) is 8.01. The standard InChI is InChI=1S/C30H37N7O2/c1-22-12-10-11-13-23(22)19-35-21-27(32-33-35)28(37(29(38)39)26-16-8-5-9-17-26)18-25-20-36(34-31-25)30(2,3)24-14-6-4-7-15-24/h4,6-7,10-15,20-21,26,28H,5,8-9,16-19H2,1-3H3,(H,38,39). The summed E-state index contributed by atoms with van der Waals surface area (Å²) in [7, 11) is 0. The fourth-order valence-electron chi connectivity index (χ4n) is 5.60. The average molecular weight is 528 g/mol. The molecule has 0 aliphatic heterocycles. The summed E-state index contributed by atoms with van der Waals surface area (Å²) in [5.41, 5.74) is 4.39. The van der Waals surface area contributed by atoms with E-state index in [0.717, 1.165) is 48.9 Å². The van der Waals surface area contributed by atoms with E-state index in [2.05, 4.69) is 65.7 Å². The molecule has 9 heteroatoms. The summed E-state index contributed by atoms with van der Waals surface area (Å²) < 4.78 is 3.65. The first-order valence-corrected chi connectivity index (χ1v) is 13.8. The van der Waals surface area contributed by atoms with Gasteiger partial charge in [0, 0.05) is 18.7 Å². The van der Waals surface area contributed by atoms with Gasteiger partial charge in [0.05, 0.1) is 30.0 Å². The van der Waals surface area contributed by atoms with Gasteiger partial charge in [0.15, 0.2) is 0 Å². The first-order chi connectivity index (χ1) is 18.8. The molecule has 0 radical (unpaired) electrons. The zero-order chi connectivity index (χ0) is 27.4. The Bertz CT molecular complexity index is 1390. The van der Waals surface area contributed by atoms with Gasteiger partial charge in [-0.2, -0.15) is 0 Å².